The van der Waals surface area contributed by atoms with Gasteiger partial charge in [0.15, 0.2) is 0 Å². The molecule has 2 aromatic heterocycles. The zero-order valence-electron chi connectivity index (χ0n) is 10.4. The molecule has 18 heavy (non-hydrogen) atoms. The van der Waals surface area contributed by atoms with E-state index in [1.54, 1.807) is 7.11 Å². The van der Waals surface area contributed by atoms with Gasteiger partial charge in [0, 0.05) is 11.8 Å². The lowest BCUT2D eigenvalue weighted by Crippen LogP contribution is -1.91. The van der Waals surface area contributed by atoms with Crippen LogP contribution in [0.5, 0.6) is 5.75 Å². The second-order valence-corrected chi connectivity index (χ2v) is 4.26. The number of fused-ring (bicyclic) bond motifs is 1. The summed E-state index contributed by atoms with van der Waals surface area (Å²) in [7, 11) is 1.67. The van der Waals surface area contributed by atoms with Crippen LogP contribution in [0.1, 0.15) is 5.56 Å². The van der Waals surface area contributed by atoms with Gasteiger partial charge in [0.2, 0.25) is 0 Å². The number of aromatic nitrogens is 2. The summed E-state index contributed by atoms with van der Waals surface area (Å²) in [5, 5.41) is 0. The van der Waals surface area contributed by atoms with Crippen LogP contribution in [-0.2, 0) is 0 Å². The third-order valence-electron chi connectivity index (χ3n) is 3.11. The lowest BCUT2D eigenvalue weighted by molar-refractivity contribution is 0.415. The fourth-order valence-corrected chi connectivity index (χ4v) is 2.14. The highest BCUT2D eigenvalue weighted by Gasteiger charge is 2.07. The number of rotatable bonds is 2. The Morgan fingerprint density at radius 1 is 1.17 bits per heavy atom. The summed E-state index contributed by atoms with van der Waals surface area (Å²) in [6.07, 6.45) is 3.94. The quantitative estimate of drug-likeness (QED) is 0.684. The van der Waals surface area contributed by atoms with Crippen molar-refractivity contribution in [2.24, 2.45) is 0 Å². The molecule has 3 rings (SSSR count). The maximum atomic E-state index is 5.25. The van der Waals surface area contributed by atoms with E-state index in [1.807, 2.05) is 42.7 Å². The van der Waals surface area contributed by atoms with Crippen LogP contribution in [0, 0.1) is 6.92 Å². The number of imidazole rings is 1. The molecule has 0 saturated heterocycles. The van der Waals surface area contributed by atoms with E-state index in [0.29, 0.717) is 0 Å². The van der Waals surface area contributed by atoms with Crippen molar-refractivity contribution < 1.29 is 4.74 Å². The van der Waals surface area contributed by atoms with Crippen LogP contribution in [0.25, 0.3) is 16.9 Å². The lowest BCUT2D eigenvalue weighted by atomic mass is 10.2. The molecule has 3 nitrogen and oxygen atoms in total. The molecule has 0 aliphatic carbocycles. The first kappa shape index (κ1) is 10.8. The molecule has 0 atom stereocenters. The van der Waals surface area contributed by atoms with Crippen LogP contribution < -0.4 is 4.74 Å². The summed E-state index contributed by atoms with van der Waals surface area (Å²) >= 11 is 0. The molecule has 3 heteroatoms. The van der Waals surface area contributed by atoms with E-state index in [2.05, 4.69) is 22.4 Å². The Labute approximate surface area is 106 Å². The van der Waals surface area contributed by atoms with Crippen LogP contribution in [0.15, 0.2) is 48.8 Å². The molecule has 90 valence electrons. The van der Waals surface area contributed by atoms with Crippen molar-refractivity contribution in [1.82, 2.24) is 9.38 Å². The first-order valence-corrected chi connectivity index (χ1v) is 5.86. The van der Waals surface area contributed by atoms with Crippen molar-refractivity contribution in [2.75, 3.05) is 7.11 Å². The van der Waals surface area contributed by atoms with E-state index in [1.165, 1.54) is 5.56 Å². The first-order valence-electron chi connectivity index (χ1n) is 5.86. The van der Waals surface area contributed by atoms with Crippen molar-refractivity contribution >= 4 is 5.52 Å². The minimum absolute atomic E-state index is 0.844. The fourth-order valence-electron chi connectivity index (χ4n) is 2.14. The van der Waals surface area contributed by atoms with Gasteiger partial charge in [-0.15, -0.1) is 0 Å². The van der Waals surface area contributed by atoms with Gasteiger partial charge in [-0.05, 0) is 30.7 Å². The van der Waals surface area contributed by atoms with Crippen LogP contribution in [0.4, 0.5) is 0 Å². The molecular weight excluding hydrogens is 224 g/mol. The zero-order chi connectivity index (χ0) is 12.5. The summed E-state index contributed by atoms with van der Waals surface area (Å²) in [4.78, 5) is 4.51. The number of ether oxygens (including phenoxy) is 1. The Morgan fingerprint density at radius 3 is 2.89 bits per heavy atom. The topological polar surface area (TPSA) is 26.5 Å². The predicted molar refractivity (Wildman–Crippen MR) is 71.9 cm³/mol. The van der Waals surface area contributed by atoms with Gasteiger partial charge in [0.1, 0.15) is 11.6 Å². The smallest absolute Gasteiger partial charge is 0.144 e. The molecule has 0 fully saturated rings. The van der Waals surface area contributed by atoms with Crippen LogP contribution >= 0.6 is 0 Å². The predicted octanol–water partition coefficient (Wildman–Crippen LogP) is 3.32. The minimum Gasteiger partial charge on any atom is -0.497 e. The molecule has 1 aromatic carbocycles. The van der Waals surface area contributed by atoms with Gasteiger partial charge in [0.05, 0.1) is 18.8 Å². The Bertz CT molecular complexity index is 701. The fraction of sp³-hybridized carbons (Fsp3) is 0.133. The maximum Gasteiger partial charge on any atom is 0.144 e. The number of hydrogen-bond donors (Lipinski definition) is 0. The number of methoxy groups -OCH3 is 1. The van der Waals surface area contributed by atoms with Crippen LogP contribution in [0.2, 0.25) is 0 Å². The van der Waals surface area contributed by atoms with E-state index in [4.69, 9.17) is 4.74 Å². The Hall–Kier alpha value is -2.29. The SMILES string of the molecule is COc1cccc(-c2ncc3c(C)cccn23)c1. The number of aryl methyl sites for hydroxylation is 1. The van der Waals surface area contributed by atoms with Gasteiger partial charge in [-0.3, -0.25) is 4.40 Å². The van der Waals surface area contributed by atoms with Gasteiger partial charge in [-0.25, -0.2) is 4.98 Å². The molecule has 0 radical (unpaired) electrons. The van der Waals surface area contributed by atoms with Gasteiger partial charge >= 0.3 is 0 Å². The molecule has 0 N–H and O–H groups in total. The number of pyridine rings is 1. The summed E-state index contributed by atoms with van der Waals surface area (Å²) in [5.41, 5.74) is 3.41. The highest BCUT2D eigenvalue weighted by Crippen LogP contribution is 2.24. The van der Waals surface area contributed by atoms with Crippen molar-refractivity contribution in [3.8, 4) is 17.1 Å². The zero-order valence-corrected chi connectivity index (χ0v) is 10.4. The minimum atomic E-state index is 0.844. The molecule has 0 saturated carbocycles. The van der Waals surface area contributed by atoms with Gasteiger partial charge < -0.3 is 4.74 Å². The van der Waals surface area contributed by atoms with E-state index in [-0.39, 0.29) is 0 Å². The molecule has 0 unspecified atom stereocenters. The van der Waals surface area contributed by atoms with Crippen LogP contribution in [0.3, 0.4) is 0 Å². The number of nitrogens with zero attached hydrogens (tertiary/aromatic N) is 2. The molecule has 3 aromatic rings. The maximum absolute atomic E-state index is 5.25. The van der Waals surface area contributed by atoms with Gasteiger partial charge in [-0.2, -0.15) is 0 Å². The standard InChI is InChI=1S/C15H14N2O/c1-11-5-4-8-17-14(11)10-16-15(17)12-6-3-7-13(9-12)18-2/h3-10H,1-2H3. The first-order chi connectivity index (χ1) is 8.79. The molecular formula is C15H14N2O. The van der Waals surface area contributed by atoms with E-state index in [9.17, 15) is 0 Å². The third kappa shape index (κ3) is 1.64. The average Bonchev–Trinajstić information content (AvgIpc) is 2.84. The Kier molecular flexibility index (Phi) is 2.52. The lowest BCUT2D eigenvalue weighted by Gasteiger charge is -2.05. The molecule has 0 aliphatic heterocycles. The highest BCUT2D eigenvalue weighted by atomic mass is 16.5. The van der Waals surface area contributed by atoms with Crippen LogP contribution in [-0.4, -0.2) is 16.5 Å². The van der Waals surface area contributed by atoms with E-state index in [0.717, 1.165) is 22.7 Å². The summed E-state index contributed by atoms with van der Waals surface area (Å²) in [6, 6.07) is 12.1. The second-order valence-electron chi connectivity index (χ2n) is 4.26. The van der Waals surface area contributed by atoms with Gasteiger partial charge in [0.25, 0.3) is 0 Å². The monoisotopic (exact) mass is 238 g/mol. The third-order valence-corrected chi connectivity index (χ3v) is 3.11. The molecule has 0 spiro atoms. The van der Waals surface area contributed by atoms with Crippen molar-refractivity contribution in [2.45, 2.75) is 6.92 Å². The molecule has 0 aliphatic rings. The average molecular weight is 238 g/mol. The Morgan fingerprint density at radius 2 is 2.06 bits per heavy atom. The van der Waals surface area contributed by atoms with Gasteiger partial charge in [-0.1, -0.05) is 18.2 Å². The number of hydrogen-bond acceptors (Lipinski definition) is 2. The van der Waals surface area contributed by atoms with Crippen molar-refractivity contribution in [1.29, 1.82) is 0 Å². The molecule has 0 bridgehead atoms. The molecule has 2 heterocycles. The second kappa shape index (κ2) is 4.18. The van der Waals surface area contributed by atoms with Crippen molar-refractivity contribution in [3.63, 3.8) is 0 Å². The molecule has 0 amide bonds. The van der Waals surface area contributed by atoms with E-state index >= 15 is 0 Å². The largest absolute Gasteiger partial charge is 0.497 e. The Balaban J connectivity index is 2.22. The van der Waals surface area contributed by atoms with Crippen molar-refractivity contribution in [3.05, 3.63) is 54.4 Å². The summed E-state index contributed by atoms with van der Waals surface area (Å²) in [5.74, 6) is 1.78. The van der Waals surface area contributed by atoms with E-state index < -0.39 is 0 Å². The summed E-state index contributed by atoms with van der Waals surface area (Å²) in [6.45, 7) is 2.09. The highest BCUT2D eigenvalue weighted by molar-refractivity contribution is 5.65. The number of benzene rings is 1. The summed E-state index contributed by atoms with van der Waals surface area (Å²) < 4.78 is 7.35. The normalized spacial score (nSPS) is 10.8.